The lowest BCUT2D eigenvalue weighted by Crippen LogP contribution is -2.23. The molecule has 1 atom stereocenters. The van der Waals surface area contributed by atoms with Gasteiger partial charge in [-0.1, -0.05) is 0 Å². The normalized spacial score (nSPS) is 20.4. The molecule has 0 bridgehead atoms. The number of benzene rings is 1. The van der Waals surface area contributed by atoms with Crippen LogP contribution >= 0.6 is 0 Å². The standard InChI is InChI=1S/C18H24O5/c1-20-16-12-14-13(6-7-15(14)19)11-17(16)21-9-4-10-23-18-5-2-3-8-22-18/h11-12,18H,2-10H2,1H3. The van der Waals surface area contributed by atoms with Crippen LogP contribution in [0.2, 0.25) is 0 Å². The molecule has 5 heteroatoms. The van der Waals surface area contributed by atoms with Crippen LogP contribution in [0.5, 0.6) is 11.5 Å². The van der Waals surface area contributed by atoms with Gasteiger partial charge in [0.05, 0.1) is 20.3 Å². The van der Waals surface area contributed by atoms with Gasteiger partial charge in [-0.25, -0.2) is 0 Å². The molecular weight excluding hydrogens is 296 g/mol. The Morgan fingerprint density at radius 2 is 2.09 bits per heavy atom. The molecule has 126 valence electrons. The number of ether oxygens (including phenoxy) is 4. The van der Waals surface area contributed by atoms with E-state index >= 15 is 0 Å². The fourth-order valence-corrected chi connectivity index (χ4v) is 3.02. The van der Waals surface area contributed by atoms with Crippen LogP contribution in [-0.4, -0.2) is 39.0 Å². The van der Waals surface area contributed by atoms with Gasteiger partial charge in [0.25, 0.3) is 0 Å². The molecule has 0 saturated carbocycles. The van der Waals surface area contributed by atoms with Gasteiger partial charge in [0.15, 0.2) is 23.6 Å². The van der Waals surface area contributed by atoms with Gasteiger partial charge in [-0.3, -0.25) is 4.79 Å². The van der Waals surface area contributed by atoms with E-state index in [9.17, 15) is 4.79 Å². The molecule has 5 nitrogen and oxygen atoms in total. The summed E-state index contributed by atoms with van der Waals surface area (Å²) in [5, 5.41) is 0. The Balaban J connectivity index is 1.47. The maximum absolute atomic E-state index is 11.8. The minimum Gasteiger partial charge on any atom is -0.493 e. The van der Waals surface area contributed by atoms with Gasteiger partial charge < -0.3 is 18.9 Å². The number of hydrogen-bond donors (Lipinski definition) is 0. The van der Waals surface area contributed by atoms with Crippen LogP contribution in [0.4, 0.5) is 0 Å². The summed E-state index contributed by atoms with van der Waals surface area (Å²) >= 11 is 0. The molecule has 3 rings (SSSR count). The van der Waals surface area contributed by atoms with Gasteiger partial charge >= 0.3 is 0 Å². The molecule has 23 heavy (non-hydrogen) atoms. The predicted octanol–water partition coefficient (Wildman–Crippen LogP) is 3.14. The number of aryl methyl sites for hydroxylation is 1. The van der Waals surface area contributed by atoms with E-state index in [1.54, 1.807) is 13.2 Å². The van der Waals surface area contributed by atoms with E-state index in [1.807, 2.05) is 6.07 Å². The van der Waals surface area contributed by atoms with Crippen molar-refractivity contribution in [1.82, 2.24) is 0 Å². The van der Waals surface area contributed by atoms with Gasteiger partial charge in [-0.15, -0.1) is 0 Å². The first-order valence-electron chi connectivity index (χ1n) is 8.38. The summed E-state index contributed by atoms with van der Waals surface area (Å²) in [5.41, 5.74) is 1.82. The van der Waals surface area contributed by atoms with Crippen LogP contribution in [0.1, 0.15) is 48.0 Å². The molecule has 1 aliphatic heterocycles. The second-order valence-electron chi connectivity index (χ2n) is 5.95. The number of rotatable bonds is 7. The number of Topliss-reactive ketones (excluding diaryl/α,β-unsaturated/α-hetero) is 1. The number of carbonyl (C=O) groups excluding carboxylic acids is 1. The highest BCUT2D eigenvalue weighted by Crippen LogP contribution is 2.35. The highest BCUT2D eigenvalue weighted by atomic mass is 16.7. The van der Waals surface area contributed by atoms with Crippen LogP contribution in [0.25, 0.3) is 0 Å². The molecule has 0 radical (unpaired) electrons. The SMILES string of the molecule is COc1cc2c(cc1OCCCOC1CCCCO1)CCC2=O. The molecule has 0 spiro atoms. The fourth-order valence-electron chi connectivity index (χ4n) is 3.02. The summed E-state index contributed by atoms with van der Waals surface area (Å²) in [5.74, 6) is 1.51. The Hall–Kier alpha value is -1.59. The van der Waals surface area contributed by atoms with E-state index in [0.29, 0.717) is 31.1 Å². The van der Waals surface area contributed by atoms with Crippen LogP contribution in [0, 0.1) is 0 Å². The third kappa shape index (κ3) is 4.03. The topological polar surface area (TPSA) is 54.0 Å². The first-order valence-corrected chi connectivity index (χ1v) is 8.38. The van der Waals surface area contributed by atoms with E-state index in [4.69, 9.17) is 18.9 Å². The minimum atomic E-state index is -0.0516. The quantitative estimate of drug-likeness (QED) is 0.723. The van der Waals surface area contributed by atoms with E-state index in [1.165, 1.54) is 6.42 Å². The molecule has 0 aromatic heterocycles. The molecule has 1 aromatic rings. The number of carbonyl (C=O) groups is 1. The molecule has 1 saturated heterocycles. The van der Waals surface area contributed by atoms with Gasteiger partial charge in [0.1, 0.15) is 0 Å². The van der Waals surface area contributed by atoms with Crippen molar-refractivity contribution in [3.05, 3.63) is 23.3 Å². The molecule has 0 N–H and O–H groups in total. The zero-order valence-corrected chi connectivity index (χ0v) is 13.6. The zero-order chi connectivity index (χ0) is 16.1. The van der Waals surface area contributed by atoms with Crippen LogP contribution < -0.4 is 9.47 Å². The maximum Gasteiger partial charge on any atom is 0.163 e. The van der Waals surface area contributed by atoms with Crippen molar-refractivity contribution >= 4 is 5.78 Å². The number of methoxy groups -OCH3 is 1. The van der Waals surface area contributed by atoms with E-state index in [-0.39, 0.29) is 12.1 Å². The molecule has 1 unspecified atom stereocenters. The average Bonchev–Trinajstić information content (AvgIpc) is 2.95. The predicted molar refractivity (Wildman–Crippen MR) is 85.3 cm³/mol. The number of fused-ring (bicyclic) bond motifs is 1. The lowest BCUT2D eigenvalue weighted by atomic mass is 10.1. The number of ketones is 1. The fraction of sp³-hybridized carbons (Fsp3) is 0.611. The zero-order valence-electron chi connectivity index (χ0n) is 13.6. The lowest BCUT2D eigenvalue weighted by Gasteiger charge is -2.22. The molecule has 0 amide bonds. The van der Waals surface area contributed by atoms with E-state index in [2.05, 4.69) is 0 Å². The highest BCUT2D eigenvalue weighted by molar-refractivity contribution is 6.01. The lowest BCUT2D eigenvalue weighted by molar-refractivity contribution is -0.163. The Bertz CT molecular complexity index is 549. The summed E-state index contributed by atoms with van der Waals surface area (Å²) in [7, 11) is 1.59. The summed E-state index contributed by atoms with van der Waals surface area (Å²) in [6.07, 6.45) is 5.39. The highest BCUT2D eigenvalue weighted by Gasteiger charge is 2.22. The Morgan fingerprint density at radius 1 is 1.17 bits per heavy atom. The van der Waals surface area contributed by atoms with Gasteiger partial charge in [0.2, 0.25) is 0 Å². The van der Waals surface area contributed by atoms with Crippen molar-refractivity contribution in [3.8, 4) is 11.5 Å². The summed E-state index contributed by atoms with van der Waals surface area (Å²) in [6, 6.07) is 3.73. The van der Waals surface area contributed by atoms with Crippen LogP contribution in [0.15, 0.2) is 12.1 Å². The Labute approximate surface area is 136 Å². The van der Waals surface area contributed by atoms with Gasteiger partial charge in [-0.05, 0) is 43.4 Å². The van der Waals surface area contributed by atoms with E-state index < -0.39 is 0 Å². The molecule has 1 heterocycles. The summed E-state index contributed by atoms with van der Waals surface area (Å²) in [6.45, 7) is 1.97. The monoisotopic (exact) mass is 320 g/mol. The van der Waals surface area contributed by atoms with Crippen molar-refractivity contribution in [2.24, 2.45) is 0 Å². The first-order chi connectivity index (χ1) is 11.3. The third-order valence-corrected chi connectivity index (χ3v) is 4.30. The van der Waals surface area contributed by atoms with Gasteiger partial charge in [0, 0.05) is 25.0 Å². The summed E-state index contributed by atoms with van der Waals surface area (Å²) in [4.78, 5) is 11.8. The molecule has 1 aromatic carbocycles. The van der Waals surface area contributed by atoms with Crippen LogP contribution in [-0.2, 0) is 15.9 Å². The third-order valence-electron chi connectivity index (χ3n) is 4.30. The maximum atomic E-state index is 11.8. The van der Waals surface area contributed by atoms with Crippen molar-refractivity contribution < 1.29 is 23.7 Å². The number of hydrogen-bond acceptors (Lipinski definition) is 5. The Morgan fingerprint density at radius 3 is 2.87 bits per heavy atom. The van der Waals surface area contributed by atoms with Gasteiger partial charge in [-0.2, -0.15) is 0 Å². The van der Waals surface area contributed by atoms with Crippen molar-refractivity contribution in [1.29, 1.82) is 0 Å². The van der Waals surface area contributed by atoms with Crippen molar-refractivity contribution in [2.75, 3.05) is 26.9 Å². The van der Waals surface area contributed by atoms with E-state index in [0.717, 1.165) is 43.4 Å². The average molecular weight is 320 g/mol. The minimum absolute atomic E-state index is 0.0516. The second kappa shape index (κ2) is 7.79. The molecular formula is C18H24O5. The first kappa shape index (κ1) is 16.3. The second-order valence-corrected chi connectivity index (χ2v) is 5.95. The molecule has 1 aliphatic carbocycles. The van der Waals surface area contributed by atoms with Crippen molar-refractivity contribution in [3.63, 3.8) is 0 Å². The largest absolute Gasteiger partial charge is 0.493 e. The molecule has 1 fully saturated rings. The Kier molecular flexibility index (Phi) is 5.51. The van der Waals surface area contributed by atoms with Crippen molar-refractivity contribution in [2.45, 2.75) is 44.8 Å². The summed E-state index contributed by atoms with van der Waals surface area (Å²) < 4.78 is 22.4. The smallest absolute Gasteiger partial charge is 0.163 e. The van der Waals surface area contributed by atoms with Crippen LogP contribution in [0.3, 0.4) is 0 Å². The molecule has 2 aliphatic rings.